The molecule has 1 unspecified atom stereocenters. The Morgan fingerprint density at radius 2 is 1.72 bits per heavy atom. The van der Waals surface area contributed by atoms with Crippen LogP contribution in [-0.2, 0) is 6.54 Å². The zero-order chi connectivity index (χ0) is 25.7. The number of carbonyl (C=O) groups is 1. The van der Waals surface area contributed by atoms with E-state index < -0.39 is 46.5 Å². The number of aliphatic hydroxyl groups excluding tert-OH is 1. The Balaban J connectivity index is 1.61. The number of β-amino-alcohol motifs (C(OH)–C–C–N with tert-alkyl or cyclic N) is 1. The van der Waals surface area contributed by atoms with Gasteiger partial charge in [-0.1, -0.05) is 18.2 Å². The van der Waals surface area contributed by atoms with Gasteiger partial charge in [0.1, 0.15) is 11.3 Å². The first kappa shape index (κ1) is 24.0. The van der Waals surface area contributed by atoms with E-state index in [9.17, 15) is 15.0 Å². The number of imidazole rings is 1. The molecule has 1 aliphatic rings. The van der Waals surface area contributed by atoms with Gasteiger partial charge in [0.2, 0.25) is 0 Å². The predicted octanol–water partition coefficient (Wildman–Crippen LogP) is 5.03. The van der Waals surface area contributed by atoms with E-state index in [2.05, 4.69) is 9.97 Å². The van der Waals surface area contributed by atoms with Crippen molar-refractivity contribution in [1.82, 2.24) is 14.9 Å². The first-order chi connectivity index (χ1) is 17.1. The van der Waals surface area contributed by atoms with Crippen LogP contribution in [0.3, 0.4) is 0 Å². The van der Waals surface area contributed by atoms with Crippen LogP contribution < -0.4 is 0 Å². The Kier molecular flexibility index (Phi) is 6.01. The highest BCUT2D eigenvalue weighted by Crippen LogP contribution is 2.38. The lowest BCUT2D eigenvalue weighted by atomic mass is 9.95. The number of aryl methyl sites for hydroxylation is 1. The summed E-state index contributed by atoms with van der Waals surface area (Å²) in [5.74, 6) is -7.49. The Hall–Kier alpha value is -3.76. The van der Waals surface area contributed by atoms with Crippen LogP contribution in [0.25, 0.3) is 33.3 Å². The summed E-state index contributed by atoms with van der Waals surface area (Å²) in [7, 11) is 0. The Bertz CT molecular complexity index is 1490. The normalized spacial score (nSPS) is 16.2. The predicted molar refractivity (Wildman–Crippen MR) is 124 cm³/mol. The van der Waals surface area contributed by atoms with Crippen molar-refractivity contribution in [2.24, 2.45) is 0 Å². The molecule has 1 aliphatic heterocycles. The van der Waals surface area contributed by atoms with E-state index in [0.717, 1.165) is 6.07 Å². The fourth-order valence-electron chi connectivity index (χ4n) is 4.73. The van der Waals surface area contributed by atoms with Gasteiger partial charge < -0.3 is 15.2 Å². The molecule has 6 nitrogen and oxygen atoms in total. The number of fused-ring (bicyclic) bond motifs is 1. The Morgan fingerprint density at radius 1 is 1.06 bits per heavy atom. The molecule has 3 aromatic carbocycles. The molecule has 0 spiro atoms. The van der Waals surface area contributed by atoms with E-state index >= 15 is 17.6 Å². The molecule has 1 fully saturated rings. The minimum absolute atomic E-state index is 0.0440. The molecule has 2 heterocycles. The zero-order valence-corrected chi connectivity index (χ0v) is 19.1. The summed E-state index contributed by atoms with van der Waals surface area (Å²) < 4.78 is 61.1. The van der Waals surface area contributed by atoms with Crippen molar-refractivity contribution in [2.75, 3.05) is 13.1 Å². The molecule has 0 saturated carbocycles. The van der Waals surface area contributed by atoms with Gasteiger partial charge >= 0.3 is 5.97 Å². The number of benzene rings is 3. The van der Waals surface area contributed by atoms with E-state index in [4.69, 9.17) is 0 Å². The smallest absolute Gasteiger partial charge is 0.337 e. The number of carboxylic acid groups (broad SMARTS) is 1. The third kappa shape index (κ3) is 4.12. The standard InChI is InChI=1S/C26H21F4N3O3/c1-12-31-18-9-15(8-17(26(35)36)25(18)32-12)20-23(29)21(27)19(22(28)24(20)30)14-4-2-3-13(7-14)10-33-6-5-16(34)11-33/h2-4,7-9,16,34H,5-6,10-11H2,1H3,(H,31,32)(H,35,36). The molecule has 1 atom stereocenters. The summed E-state index contributed by atoms with van der Waals surface area (Å²) in [6.07, 6.45) is 0.180. The van der Waals surface area contributed by atoms with E-state index in [1.807, 2.05) is 4.90 Å². The monoisotopic (exact) mass is 499 g/mol. The number of aromatic amines is 1. The highest BCUT2D eigenvalue weighted by atomic mass is 19.2. The number of aromatic nitrogens is 2. The molecule has 1 saturated heterocycles. The second-order valence-corrected chi connectivity index (χ2v) is 8.93. The van der Waals surface area contributed by atoms with Gasteiger partial charge in [-0.2, -0.15) is 0 Å². The number of H-pyrrole nitrogens is 1. The van der Waals surface area contributed by atoms with Crippen molar-refractivity contribution in [1.29, 1.82) is 0 Å². The molecule has 10 heteroatoms. The van der Waals surface area contributed by atoms with Crippen molar-refractivity contribution in [3.05, 3.63) is 76.6 Å². The van der Waals surface area contributed by atoms with Crippen LogP contribution in [0.15, 0.2) is 36.4 Å². The summed E-state index contributed by atoms with van der Waals surface area (Å²) in [5, 5.41) is 19.2. The van der Waals surface area contributed by atoms with Gasteiger partial charge in [-0.15, -0.1) is 0 Å². The van der Waals surface area contributed by atoms with Crippen LogP contribution in [0, 0.1) is 30.2 Å². The maximum atomic E-state index is 15.3. The molecule has 0 bridgehead atoms. The number of carboxylic acids is 1. The van der Waals surface area contributed by atoms with Crippen molar-refractivity contribution in [3.8, 4) is 22.3 Å². The Morgan fingerprint density at radius 3 is 2.33 bits per heavy atom. The first-order valence-corrected chi connectivity index (χ1v) is 11.2. The number of hydrogen-bond donors (Lipinski definition) is 3. The van der Waals surface area contributed by atoms with Crippen LogP contribution in [0.2, 0.25) is 0 Å². The average molecular weight is 499 g/mol. The second-order valence-electron chi connectivity index (χ2n) is 8.93. The third-order valence-corrected chi connectivity index (χ3v) is 6.36. The number of aliphatic hydroxyl groups is 1. The lowest BCUT2D eigenvalue weighted by molar-refractivity contribution is 0.0699. The fourth-order valence-corrected chi connectivity index (χ4v) is 4.73. The molecule has 5 rings (SSSR count). The first-order valence-electron chi connectivity index (χ1n) is 11.2. The molecule has 186 valence electrons. The van der Waals surface area contributed by atoms with Crippen LogP contribution in [0.5, 0.6) is 0 Å². The number of rotatable bonds is 5. The van der Waals surface area contributed by atoms with Gasteiger partial charge in [0, 0.05) is 19.6 Å². The van der Waals surface area contributed by atoms with Crippen molar-refractivity contribution in [2.45, 2.75) is 26.0 Å². The largest absolute Gasteiger partial charge is 0.478 e. The van der Waals surface area contributed by atoms with E-state index in [0.29, 0.717) is 37.4 Å². The summed E-state index contributed by atoms with van der Waals surface area (Å²) in [5.41, 5.74) is -1.73. The van der Waals surface area contributed by atoms with Crippen LogP contribution in [0.4, 0.5) is 17.6 Å². The average Bonchev–Trinajstić information content (AvgIpc) is 3.41. The number of hydrogen-bond acceptors (Lipinski definition) is 4. The van der Waals surface area contributed by atoms with Crippen LogP contribution in [0.1, 0.15) is 28.2 Å². The van der Waals surface area contributed by atoms with Crippen molar-refractivity contribution >= 4 is 17.0 Å². The highest BCUT2D eigenvalue weighted by Gasteiger charge is 2.29. The number of likely N-dealkylation sites (tertiary alicyclic amines) is 1. The van der Waals surface area contributed by atoms with Gasteiger partial charge in [-0.05, 0) is 48.2 Å². The van der Waals surface area contributed by atoms with E-state index in [1.165, 1.54) is 24.3 Å². The molecule has 1 aromatic heterocycles. The summed E-state index contributed by atoms with van der Waals surface area (Å²) >= 11 is 0. The van der Waals surface area contributed by atoms with Crippen LogP contribution in [-0.4, -0.2) is 50.2 Å². The minimum Gasteiger partial charge on any atom is -0.478 e. The maximum absolute atomic E-state index is 15.3. The van der Waals surface area contributed by atoms with E-state index in [-0.39, 0.29) is 27.7 Å². The molecule has 3 N–H and O–H groups in total. The van der Waals surface area contributed by atoms with Gasteiger partial charge in [-0.3, -0.25) is 4.90 Å². The number of aromatic carboxylic acids is 1. The Labute approximate surface area is 202 Å². The van der Waals surface area contributed by atoms with Crippen molar-refractivity contribution in [3.63, 3.8) is 0 Å². The van der Waals surface area contributed by atoms with Gasteiger partial charge in [-0.25, -0.2) is 27.3 Å². The summed E-state index contributed by atoms with van der Waals surface area (Å²) in [6, 6.07) is 8.20. The lowest BCUT2D eigenvalue weighted by Gasteiger charge is -2.17. The molecular formula is C26H21F4N3O3. The molecule has 36 heavy (non-hydrogen) atoms. The van der Waals surface area contributed by atoms with Gasteiger partial charge in [0.15, 0.2) is 23.3 Å². The summed E-state index contributed by atoms with van der Waals surface area (Å²) in [4.78, 5) is 20.5. The van der Waals surface area contributed by atoms with E-state index in [1.54, 1.807) is 13.0 Å². The SMILES string of the molecule is Cc1nc2c(C(=O)O)cc(-c3c(F)c(F)c(-c4cccc(CN5CCC(O)C5)c4)c(F)c3F)cc2[nH]1. The molecule has 4 aromatic rings. The molecular weight excluding hydrogens is 478 g/mol. The topological polar surface area (TPSA) is 89.4 Å². The fraction of sp³-hybridized carbons (Fsp3) is 0.231. The van der Waals surface area contributed by atoms with Gasteiger partial charge in [0.25, 0.3) is 0 Å². The minimum atomic E-state index is -1.64. The van der Waals surface area contributed by atoms with Crippen molar-refractivity contribution < 1.29 is 32.6 Å². The van der Waals surface area contributed by atoms with Gasteiger partial charge in [0.05, 0.1) is 28.3 Å². The third-order valence-electron chi connectivity index (χ3n) is 6.36. The quantitative estimate of drug-likeness (QED) is 0.265. The second kappa shape index (κ2) is 9.03. The number of halogens is 4. The molecule has 0 aliphatic carbocycles. The lowest BCUT2D eigenvalue weighted by Crippen LogP contribution is -2.21. The zero-order valence-electron chi connectivity index (χ0n) is 19.1. The molecule has 0 amide bonds. The highest BCUT2D eigenvalue weighted by molar-refractivity contribution is 6.03. The number of nitrogens with one attached hydrogen (secondary N) is 1. The number of nitrogens with zero attached hydrogens (tertiary/aromatic N) is 2. The van der Waals surface area contributed by atoms with Crippen LogP contribution >= 0.6 is 0 Å². The summed E-state index contributed by atoms with van der Waals surface area (Å²) in [6.45, 7) is 3.09. The maximum Gasteiger partial charge on any atom is 0.337 e. The molecule has 0 radical (unpaired) electrons.